The zero-order valence-corrected chi connectivity index (χ0v) is 10.3. The van der Waals surface area contributed by atoms with Gasteiger partial charge in [0.2, 0.25) is 11.8 Å². The lowest BCUT2D eigenvalue weighted by atomic mass is 10.0. The van der Waals surface area contributed by atoms with Crippen LogP contribution in [-0.4, -0.2) is 28.7 Å². The van der Waals surface area contributed by atoms with E-state index < -0.39 is 35.4 Å². The highest BCUT2D eigenvalue weighted by atomic mass is 19.1. The Morgan fingerprint density at radius 1 is 1.15 bits per heavy atom. The highest BCUT2D eigenvalue weighted by molar-refractivity contribution is 6.05. The van der Waals surface area contributed by atoms with Gasteiger partial charge >= 0.3 is 0 Å². The Bertz CT molecular complexity index is 645. The van der Waals surface area contributed by atoms with Crippen LogP contribution in [0.2, 0.25) is 0 Å². The fraction of sp³-hybridized carbons (Fsp3) is 0.308. The van der Waals surface area contributed by atoms with Crippen LogP contribution >= 0.6 is 0 Å². The first-order valence-corrected chi connectivity index (χ1v) is 6.10. The van der Waals surface area contributed by atoms with Gasteiger partial charge in [-0.25, -0.2) is 8.78 Å². The molecule has 0 spiro atoms. The van der Waals surface area contributed by atoms with Gasteiger partial charge < -0.3 is 4.90 Å². The van der Waals surface area contributed by atoms with E-state index in [2.05, 4.69) is 5.32 Å². The highest BCUT2D eigenvalue weighted by Gasteiger charge is 2.41. The van der Waals surface area contributed by atoms with E-state index in [-0.39, 0.29) is 30.5 Å². The number of nitrogens with zero attached hydrogens (tertiary/aromatic N) is 1. The second kappa shape index (κ2) is 4.36. The van der Waals surface area contributed by atoms with Crippen molar-refractivity contribution in [3.8, 4) is 0 Å². The molecule has 0 saturated carbocycles. The van der Waals surface area contributed by atoms with E-state index in [1.54, 1.807) is 0 Å². The molecule has 0 radical (unpaired) electrons. The number of halogens is 2. The van der Waals surface area contributed by atoms with Crippen LogP contribution in [0.1, 0.15) is 28.8 Å². The number of piperidine rings is 1. The van der Waals surface area contributed by atoms with E-state index in [9.17, 15) is 23.2 Å². The fourth-order valence-corrected chi connectivity index (χ4v) is 2.60. The Morgan fingerprint density at radius 2 is 1.85 bits per heavy atom. The predicted molar refractivity (Wildman–Crippen MR) is 62.4 cm³/mol. The number of hydrogen-bond acceptors (Lipinski definition) is 3. The summed E-state index contributed by atoms with van der Waals surface area (Å²) in [5.41, 5.74) is -0.366. The fourth-order valence-electron chi connectivity index (χ4n) is 2.60. The minimum Gasteiger partial charge on any atom is -0.322 e. The van der Waals surface area contributed by atoms with Crippen LogP contribution in [-0.2, 0) is 16.1 Å². The van der Waals surface area contributed by atoms with E-state index >= 15 is 0 Å². The predicted octanol–water partition coefficient (Wildman–Crippen LogP) is 0.726. The third kappa shape index (κ3) is 1.77. The summed E-state index contributed by atoms with van der Waals surface area (Å²) < 4.78 is 27.3. The van der Waals surface area contributed by atoms with Gasteiger partial charge in [0, 0.05) is 12.0 Å². The number of amides is 3. The normalized spacial score (nSPS) is 22.0. The number of nitrogens with one attached hydrogen (secondary N) is 1. The third-order valence-corrected chi connectivity index (χ3v) is 3.59. The summed E-state index contributed by atoms with van der Waals surface area (Å²) in [7, 11) is 0. The Labute approximate surface area is 112 Å². The van der Waals surface area contributed by atoms with E-state index in [1.807, 2.05) is 0 Å². The maximum atomic E-state index is 13.7. The van der Waals surface area contributed by atoms with Crippen LogP contribution in [0.25, 0.3) is 0 Å². The van der Waals surface area contributed by atoms with Crippen LogP contribution in [0, 0.1) is 11.6 Å². The molecule has 5 nitrogen and oxygen atoms in total. The molecule has 3 amide bonds. The zero-order valence-electron chi connectivity index (χ0n) is 10.3. The monoisotopic (exact) mass is 280 g/mol. The largest absolute Gasteiger partial charge is 0.322 e. The SMILES string of the molecule is O=C1CCC(N2Cc3c(F)ccc(F)c3C2=O)C(=O)N1. The average molecular weight is 280 g/mol. The molecule has 104 valence electrons. The molecule has 0 bridgehead atoms. The number of rotatable bonds is 1. The van der Waals surface area contributed by atoms with E-state index in [0.29, 0.717) is 0 Å². The molecule has 1 unspecified atom stereocenters. The Kier molecular flexibility index (Phi) is 2.77. The van der Waals surface area contributed by atoms with Gasteiger partial charge in [0.15, 0.2) is 0 Å². The van der Waals surface area contributed by atoms with Gasteiger partial charge in [-0.1, -0.05) is 0 Å². The molecule has 1 atom stereocenters. The molecule has 2 heterocycles. The van der Waals surface area contributed by atoms with Crippen molar-refractivity contribution in [2.75, 3.05) is 0 Å². The molecule has 1 fully saturated rings. The molecule has 1 aromatic carbocycles. The molecule has 0 aromatic heterocycles. The molecule has 2 aliphatic heterocycles. The minimum absolute atomic E-state index is 0.0419. The molecule has 2 aliphatic rings. The number of carbonyl (C=O) groups is 3. The third-order valence-electron chi connectivity index (χ3n) is 3.59. The lowest BCUT2D eigenvalue weighted by Crippen LogP contribution is -2.52. The van der Waals surface area contributed by atoms with Crippen LogP contribution in [0.5, 0.6) is 0 Å². The molecule has 1 saturated heterocycles. The maximum absolute atomic E-state index is 13.7. The summed E-state index contributed by atoms with van der Waals surface area (Å²) in [4.78, 5) is 36.1. The molecule has 1 aromatic rings. The van der Waals surface area contributed by atoms with Gasteiger partial charge in [-0.3, -0.25) is 19.7 Å². The molecular formula is C13H10F2N2O3. The number of fused-ring (bicyclic) bond motifs is 1. The van der Waals surface area contributed by atoms with E-state index in [1.165, 1.54) is 0 Å². The number of carbonyl (C=O) groups excluding carboxylic acids is 3. The zero-order chi connectivity index (χ0) is 14.4. The lowest BCUT2D eigenvalue weighted by molar-refractivity contribution is -0.136. The topological polar surface area (TPSA) is 66.5 Å². The molecular weight excluding hydrogens is 270 g/mol. The van der Waals surface area contributed by atoms with Crippen molar-refractivity contribution in [1.29, 1.82) is 0 Å². The van der Waals surface area contributed by atoms with Gasteiger partial charge in [-0.05, 0) is 18.6 Å². The molecule has 3 rings (SSSR count). The standard InChI is InChI=1S/C13H10F2N2O3/c14-7-1-2-8(15)11-6(7)5-17(13(11)20)9-3-4-10(18)16-12(9)19/h1-2,9H,3-5H2,(H,16,18,19). The van der Waals surface area contributed by atoms with Crippen molar-refractivity contribution in [2.24, 2.45) is 0 Å². The summed E-state index contributed by atoms with van der Waals surface area (Å²) in [6.07, 6.45) is 0.259. The van der Waals surface area contributed by atoms with E-state index in [4.69, 9.17) is 0 Å². The van der Waals surface area contributed by atoms with Crippen LogP contribution in [0.4, 0.5) is 8.78 Å². The van der Waals surface area contributed by atoms with Crippen molar-refractivity contribution in [1.82, 2.24) is 10.2 Å². The summed E-state index contributed by atoms with van der Waals surface area (Å²) in [5.74, 6) is -3.21. The van der Waals surface area contributed by atoms with Crippen molar-refractivity contribution >= 4 is 17.7 Å². The first kappa shape index (κ1) is 12.7. The van der Waals surface area contributed by atoms with Crippen molar-refractivity contribution in [3.05, 3.63) is 34.9 Å². The van der Waals surface area contributed by atoms with Crippen LogP contribution < -0.4 is 5.32 Å². The maximum Gasteiger partial charge on any atom is 0.258 e. The molecule has 7 heteroatoms. The summed E-state index contributed by atoms with van der Waals surface area (Å²) in [6, 6.07) is 0.974. The summed E-state index contributed by atoms with van der Waals surface area (Å²) in [6.45, 7) is -0.163. The highest BCUT2D eigenvalue weighted by Crippen LogP contribution is 2.30. The molecule has 1 N–H and O–H groups in total. The second-order valence-electron chi connectivity index (χ2n) is 4.78. The lowest BCUT2D eigenvalue weighted by Gasteiger charge is -2.29. The van der Waals surface area contributed by atoms with Crippen LogP contribution in [0.3, 0.4) is 0 Å². The van der Waals surface area contributed by atoms with E-state index in [0.717, 1.165) is 17.0 Å². The molecule has 0 aliphatic carbocycles. The Hall–Kier alpha value is -2.31. The average Bonchev–Trinajstić information content (AvgIpc) is 2.73. The second-order valence-corrected chi connectivity index (χ2v) is 4.78. The summed E-state index contributed by atoms with van der Waals surface area (Å²) in [5, 5.41) is 2.12. The summed E-state index contributed by atoms with van der Waals surface area (Å²) >= 11 is 0. The Balaban J connectivity index is 1.94. The number of benzene rings is 1. The Morgan fingerprint density at radius 3 is 2.50 bits per heavy atom. The smallest absolute Gasteiger partial charge is 0.258 e. The van der Waals surface area contributed by atoms with Gasteiger partial charge in [0.05, 0.1) is 12.1 Å². The van der Waals surface area contributed by atoms with Crippen molar-refractivity contribution in [2.45, 2.75) is 25.4 Å². The van der Waals surface area contributed by atoms with Gasteiger partial charge in [-0.15, -0.1) is 0 Å². The van der Waals surface area contributed by atoms with Gasteiger partial charge in [0.1, 0.15) is 17.7 Å². The number of imide groups is 1. The molecule has 20 heavy (non-hydrogen) atoms. The van der Waals surface area contributed by atoms with Crippen molar-refractivity contribution in [3.63, 3.8) is 0 Å². The number of hydrogen-bond donors (Lipinski definition) is 1. The van der Waals surface area contributed by atoms with Gasteiger partial charge in [-0.2, -0.15) is 0 Å². The van der Waals surface area contributed by atoms with Crippen LogP contribution in [0.15, 0.2) is 12.1 Å². The van der Waals surface area contributed by atoms with Gasteiger partial charge in [0.25, 0.3) is 5.91 Å². The minimum atomic E-state index is -0.869. The van der Waals surface area contributed by atoms with Crippen molar-refractivity contribution < 1.29 is 23.2 Å². The first-order valence-electron chi connectivity index (χ1n) is 6.10. The first-order chi connectivity index (χ1) is 9.49. The quantitative estimate of drug-likeness (QED) is 0.771.